The van der Waals surface area contributed by atoms with Gasteiger partial charge in [0.15, 0.2) is 0 Å². The zero-order chi connectivity index (χ0) is 12.5. The molecule has 2 N–H and O–H groups in total. The van der Waals surface area contributed by atoms with Crippen molar-refractivity contribution < 1.29 is 19.8 Å². The molecule has 0 aromatic heterocycles. The molecular weight excluding hydrogens is 220 g/mol. The van der Waals surface area contributed by atoms with Gasteiger partial charge in [-0.3, -0.25) is 9.59 Å². The van der Waals surface area contributed by atoms with Gasteiger partial charge in [0.2, 0.25) is 0 Å². The first-order chi connectivity index (χ1) is 8.06. The molecule has 0 aliphatic heterocycles. The Kier molecular flexibility index (Phi) is 2.60. The molecule has 17 heavy (non-hydrogen) atoms. The maximum Gasteiger partial charge on any atom is 0.322 e. The second-order valence-corrected chi connectivity index (χ2v) is 3.99. The van der Waals surface area contributed by atoms with Crippen LogP contribution in [-0.4, -0.2) is 22.2 Å². The number of hydrogen-bond acceptors (Lipinski definition) is 2. The average Bonchev–Trinajstić information content (AvgIpc) is 3.04. The van der Waals surface area contributed by atoms with Crippen molar-refractivity contribution >= 4 is 11.9 Å². The molecule has 2 unspecified atom stereocenters. The Labute approximate surface area is 97.9 Å². The standard InChI is InChI=1S/C13H10O4/c14-11(15)10-8-13(10,12(16)17)7-6-9-4-2-1-3-5-9/h1-5,10H,8H2,(H,14,15)(H,16,17). The molecule has 4 heteroatoms. The summed E-state index contributed by atoms with van der Waals surface area (Å²) in [5, 5.41) is 17.8. The highest BCUT2D eigenvalue weighted by Crippen LogP contribution is 2.52. The molecule has 1 saturated carbocycles. The van der Waals surface area contributed by atoms with Gasteiger partial charge >= 0.3 is 11.9 Å². The highest BCUT2D eigenvalue weighted by molar-refractivity contribution is 5.92. The van der Waals surface area contributed by atoms with Crippen LogP contribution < -0.4 is 0 Å². The summed E-state index contributed by atoms with van der Waals surface area (Å²) < 4.78 is 0. The highest BCUT2D eigenvalue weighted by atomic mass is 16.4. The zero-order valence-corrected chi connectivity index (χ0v) is 8.88. The summed E-state index contributed by atoms with van der Waals surface area (Å²) in [6.07, 6.45) is 0.0809. The molecule has 0 radical (unpaired) electrons. The minimum atomic E-state index is -1.40. The fraction of sp³-hybridized carbons (Fsp3) is 0.231. The van der Waals surface area contributed by atoms with Crippen molar-refractivity contribution in [3.63, 3.8) is 0 Å². The maximum atomic E-state index is 11.1. The van der Waals surface area contributed by atoms with E-state index in [0.717, 1.165) is 0 Å². The third kappa shape index (κ3) is 2.00. The normalized spacial score (nSPS) is 25.5. The molecule has 1 aromatic carbocycles. The van der Waals surface area contributed by atoms with Gasteiger partial charge in [0.1, 0.15) is 5.41 Å². The van der Waals surface area contributed by atoms with E-state index in [4.69, 9.17) is 10.2 Å². The summed E-state index contributed by atoms with van der Waals surface area (Å²) in [7, 11) is 0. The number of aliphatic carboxylic acids is 2. The van der Waals surface area contributed by atoms with Gasteiger partial charge in [0, 0.05) is 5.56 Å². The maximum absolute atomic E-state index is 11.1. The molecule has 1 fully saturated rings. The third-order valence-electron chi connectivity index (χ3n) is 2.84. The van der Waals surface area contributed by atoms with E-state index in [0.29, 0.717) is 5.56 Å². The van der Waals surface area contributed by atoms with Gasteiger partial charge in [-0.05, 0) is 18.6 Å². The minimum absolute atomic E-state index is 0.0809. The van der Waals surface area contributed by atoms with E-state index in [9.17, 15) is 9.59 Å². The Bertz CT molecular complexity index is 523. The Morgan fingerprint density at radius 2 is 1.88 bits per heavy atom. The third-order valence-corrected chi connectivity index (χ3v) is 2.84. The Balaban J connectivity index is 2.26. The van der Waals surface area contributed by atoms with Crippen LogP contribution in [0.2, 0.25) is 0 Å². The van der Waals surface area contributed by atoms with Gasteiger partial charge in [0.25, 0.3) is 0 Å². The quantitative estimate of drug-likeness (QED) is 0.749. The SMILES string of the molecule is O=C(O)C1CC1(C#Cc1ccccc1)C(=O)O. The fourth-order valence-corrected chi connectivity index (χ4v) is 1.69. The molecule has 2 atom stereocenters. The average molecular weight is 230 g/mol. The van der Waals surface area contributed by atoms with Gasteiger partial charge in [0.05, 0.1) is 5.92 Å². The van der Waals surface area contributed by atoms with Crippen LogP contribution in [-0.2, 0) is 9.59 Å². The number of carboxylic acids is 2. The van der Waals surface area contributed by atoms with E-state index < -0.39 is 23.3 Å². The summed E-state index contributed by atoms with van der Waals surface area (Å²) in [5.74, 6) is 2.15. The predicted molar refractivity (Wildman–Crippen MR) is 59.1 cm³/mol. The monoisotopic (exact) mass is 230 g/mol. The van der Waals surface area contributed by atoms with E-state index in [1.807, 2.05) is 6.07 Å². The molecule has 0 spiro atoms. The Morgan fingerprint density at radius 3 is 2.35 bits per heavy atom. The van der Waals surface area contributed by atoms with Crippen LogP contribution in [0.25, 0.3) is 0 Å². The van der Waals surface area contributed by atoms with Crippen molar-refractivity contribution in [1.82, 2.24) is 0 Å². The van der Waals surface area contributed by atoms with Gasteiger partial charge in [-0.15, -0.1) is 0 Å². The van der Waals surface area contributed by atoms with E-state index in [1.54, 1.807) is 24.3 Å². The van der Waals surface area contributed by atoms with Crippen molar-refractivity contribution in [3.8, 4) is 11.8 Å². The number of hydrogen-bond donors (Lipinski definition) is 2. The molecule has 1 aromatic rings. The lowest BCUT2D eigenvalue weighted by Crippen LogP contribution is -2.19. The molecule has 2 rings (SSSR count). The number of carboxylic acid groups (broad SMARTS) is 2. The van der Waals surface area contributed by atoms with Gasteiger partial charge in [-0.25, -0.2) is 0 Å². The van der Waals surface area contributed by atoms with E-state index >= 15 is 0 Å². The number of rotatable bonds is 2. The van der Waals surface area contributed by atoms with E-state index in [2.05, 4.69) is 11.8 Å². The first kappa shape index (κ1) is 11.2. The molecule has 0 bridgehead atoms. The largest absolute Gasteiger partial charge is 0.481 e. The fourth-order valence-electron chi connectivity index (χ4n) is 1.69. The van der Waals surface area contributed by atoms with Crippen molar-refractivity contribution in [1.29, 1.82) is 0 Å². The minimum Gasteiger partial charge on any atom is -0.481 e. The molecule has 0 amide bonds. The van der Waals surface area contributed by atoms with Crippen LogP contribution in [0.1, 0.15) is 12.0 Å². The van der Waals surface area contributed by atoms with Crippen molar-refractivity contribution in [2.24, 2.45) is 11.3 Å². The van der Waals surface area contributed by atoms with Crippen LogP contribution in [0.5, 0.6) is 0 Å². The summed E-state index contributed by atoms with van der Waals surface area (Å²) in [6.45, 7) is 0. The molecule has 4 nitrogen and oxygen atoms in total. The summed E-state index contributed by atoms with van der Waals surface area (Å²) in [4.78, 5) is 21.8. The van der Waals surface area contributed by atoms with Gasteiger partial charge < -0.3 is 10.2 Å². The topological polar surface area (TPSA) is 74.6 Å². The van der Waals surface area contributed by atoms with Crippen LogP contribution in [0.3, 0.4) is 0 Å². The Morgan fingerprint density at radius 1 is 1.24 bits per heavy atom. The first-order valence-corrected chi connectivity index (χ1v) is 5.11. The van der Waals surface area contributed by atoms with Crippen molar-refractivity contribution in [2.45, 2.75) is 6.42 Å². The van der Waals surface area contributed by atoms with Crippen LogP contribution >= 0.6 is 0 Å². The van der Waals surface area contributed by atoms with Gasteiger partial charge in [-0.1, -0.05) is 30.0 Å². The molecule has 86 valence electrons. The summed E-state index contributed by atoms with van der Waals surface area (Å²) in [5.41, 5.74) is -0.717. The second kappa shape index (κ2) is 3.95. The molecule has 0 heterocycles. The van der Waals surface area contributed by atoms with Crippen LogP contribution in [0, 0.1) is 23.2 Å². The molecular formula is C13H10O4. The predicted octanol–water partition coefficient (Wildman–Crippen LogP) is 1.21. The zero-order valence-electron chi connectivity index (χ0n) is 8.88. The van der Waals surface area contributed by atoms with Crippen LogP contribution in [0.15, 0.2) is 30.3 Å². The summed E-state index contributed by atoms with van der Waals surface area (Å²) >= 11 is 0. The second-order valence-electron chi connectivity index (χ2n) is 3.99. The lowest BCUT2D eigenvalue weighted by Gasteiger charge is -2.00. The smallest absolute Gasteiger partial charge is 0.322 e. The molecule has 0 saturated heterocycles. The number of benzene rings is 1. The highest BCUT2D eigenvalue weighted by Gasteiger charge is 2.64. The number of carbonyl (C=O) groups is 2. The van der Waals surface area contributed by atoms with Crippen molar-refractivity contribution in [3.05, 3.63) is 35.9 Å². The van der Waals surface area contributed by atoms with Crippen LogP contribution in [0.4, 0.5) is 0 Å². The molecule has 1 aliphatic carbocycles. The lowest BCUT2D eigenvalue weighted by atomic mass is 10.0. The summed E-state index contributed by atoms with van der Waals surface area (Å²) in [6, 6.07) is 8.91. The van der Waals surface area contributed by atoms with Crippen molar-refractivity contribution in [2.75, 3.05) is 0 Å². The Hall–Kier alpha value is -2.28. The lowest BCUT2D eigenvalue weighted by molar-refractivity contribution is -0.146. The van der Waals surface area contributed by atoms with E-state index in [-0.39, 0.29) is 6.42 Å². The van der Waals surface area contributed by atoms with Gasteiger partial charge in [-0.2, -0.15) is 0 Å². The first-order valence-electron chi connectivity index (χ1n) is 5.11. The van der Waals surface area contributed by atoms with E-state index in [1.165, 1.54) is 0 Å². The molecule has 1 aliphatic rings.